The van der Waals surface area contributed by atoms with E-state index >= 15 is 0 Å². The Kier molecular flexibility index (Phi) is 9.39. The third-order valence-corrected chi connectivity index (χ3v) is 26.4. The summed E-state index contributed by atoms with van der Waals surface area (Å²) in [5.41, 5.74) is 0. The third kappa shape index (κ3) is 5.91. The van der Waals surface area contributed by atoms with Crippen molar-refractivity contribution in [2.45, 2.75) is 203 Å². The van der Waals surface area contributed by atoms with Gasteiger partial charge < -0.3 is 0 Å². The molecule has 2 radical (unpaired) electrons. The van der Waals surface area contributed by atoms with Crippen LogP contribution in [-0.2, 0) is 0 Å². The van der Waals surface area contributed by atoms with Crippen molar-refractivity contribution in [1.82, 2.24) is 38.1 Å². The van der Waals surface area contributed by atoms with E-state index in [0.717, 1.165) is 94.7 Å². The molecule has 9 heteroatoms. The quantitative estimate of drug-likeness (QED) is 0.151. The van der Waals surface area contributed by atoms with E-state index in [2.05, 4.69) is 16.9 Å². The van der Waals surface area contributed by atoms with Gasteiger partial charge >= 0.3 is 358 Å². The number of nitrogens with zero attached hydrogens (tertiary/aromatic N) is 2. The van der Waals surface area contributed by atoms with Gasteiger partial charge in [-0.05, 0) is 0 Å². The maximum atomic E-state index is 4.74. The van der Waals surface area contributed by atoms with Gasteiger partial charge in [-0.25, -0.2) is 0 Å². The summed E-state index contributed by atoms with van der Waals surface area (Å²) in [6.07, 6.45) is 40.1. The Morgan fingerprint density at radius 2 is 0.474 bits per heavy atom. The molecule has 0 aromatic heterocycles. The van der Waals surface area contributed by atoms with Crippen molar-refractivity contribution in [3.05, 3.63) is 0 Å². The van der Waals surface area contributed by atoms with Crippen LogP contribution in [0, 0.1) is 94.7 Å². The van der Waals surface area contributed by atoms with E-state index in [1.807, 2.05) is 0 Å². The standard InChI is InChI=1S/C48H78N8.Sn/c1-2-10-26-18-34-33(17-25(26)9-1)41-49-42(34)54-44-37-21-29-13-5-6-14-30(29)22-38(37)46(51-44)56-48-40-24-32-16-8-7-15-31(32)23-39(40)47(52-48)55-45-36-20-28-12-4-3-11-27(28)19-35(36)43(50-45)53-41;/h25-49,52-56H,1-24H2;/q-2;+2. The zero-order valence-electron chi connectivity index (χ0n) is 35.2. The molecule has 24 atom stereocenters. The molecule has 0 amide bonds. The first-order valence-corrected chi connectivity index (χ1v) is 28.6. The summed E-state index contributed by atoms with van der Waals surface area (Å²) in [5.74, 6) is 14.2. The predicted octanol–water partition coefficient (Wildman–Crippen LogP) is 6.68. The second-order valence-electron chi connectivity index (χ2n) is 24.0. The van der Waals surface area contributed by atoms with Crippen LogP contribution < -0.4 is 31.9 Å². The second-order valence-corrected chi connectivity index (χ2v) is 27.5. The van der Waals surface area contributed by atoms with Gasteiger partial charge in [0.25, 0.3) is 0 Å². The first-order chi connectivity index (χ1) is 28.2. The Bertz CT molecular complexity index is 1300. The van der Waals surface area contributed by atoms with Crippen molar-refractivity contribution >= 4 is 21.7 Å². The SMILES string of the molecule is C1CCC2CC3C4NC(NC5C6CC7CCCCC7CC6C6NC7NC(NC8C9CC%10CCCCC%10CC9C(N4)[N]8[Sn][N]56)C4CC5CCCCC5CC74)C3CC2C1. The van der Waals surface area contributed by atoms with Crippen molar-refractivity contribution in [2.24, 2.45) is 94.7 Å². The van der Waals surface area contributed by atoms with E-state index in [1.54, 1.807) is 0 Å². The number of hydrogen-bond acceptors (Lipinski definition) is 8. The van der Waals surface area contributed by atoms with Gasteiger partial charge in [-0.2, -0.15) is 0 Å². The Hall–Kier alpha value is 0.479. The van der Waals surface area contributed by atoms with Crippen molar-refractivity contribution in [2.75, 3.05) is 0 Å². The topological polar surface area (TPSA) is 78.7 Å². The maximum absolute atomic E-state index is 4.74. The summed E-state index contributed by atoms with van der Waals surface area (Å²) >= 11 is -1.19. The zero-order valence-corrected chi connectivity index (χ0v) is 38.1. The van der Waals surface area contributed by atoms with Crippen molar-refractivity contribution < 1.29 is 0 Å². The van der Waals surface area contributed by atoms with Gasteiger partial charge in [-0.15, -0.1) is 0 Å². The van der Waals surface area contributed by atoms with Crippen LogP contribution >= 0.6 is 0 Å². The molecule has 314 valence electrons. The monoisotopic (exact) mass is 887 g/mol. The van der Waals surface area contributed by atoms with Crippen LogP contribution in [0.25, 0.3) is 0 Å². The van der Waals surface area contributed by atoms with Crippen LogP contribution in [0.5, 0.6) is 0 Å². The molecule has 14 aliphatic rings. The molecule has 0 aromatic rings. The van der Waals surface area contributed by atoms with E-state index < -0.39 is 21.7 Å². The van der Waals surface area contributed by atoms with Crippen molar-refractivity contribution in [3.8, 4) is 0 Å². The number of nitrogens with one attached hydrogen (secondary N) is 6. The summed E-state index contributed by atoms with van der Waals surface area (Å²) in [5, 5.41) is 28.0. The van der Waals surface area contributed by atoms with Crippen LogP contribution in [0.3, 0.4) is 0 Å². The fourth-order valence-corrected chi connectivity index (χ4v) is 24.7. The van der Waals surface area contributed by atoms with Gasteiger partial charge in [0, 0.05) is 0 Å². The van der Waals surface area contributed by atoms with Crippen molar-refractivity contribution in [3.63, 3.8) is 0 Å². The van der Waals surface area contributed by atoms with Crippen LogP contribution in [0.4, 0.5) is 0 Å². The molecule has 6 N–H and O–H groups in total. The van der Waals surface area contributed by atoms with E-state index in [0.29, 0.717) is 49.3 Å². The van der Waals surface area contributed by atoms with E-state index in [1.165, 1.54) is 154 Å². The molecule has 8 nitrogen and oxygen atoms in total. The summed E-state index contributed by atoms with van der Waals surface area (Å²) in [6.45, 7) is 0. The normalized spacial score (nSPS) is 60.4. The number of hydrogen-bond donors (Lipinski definition) is 6. The molecule has 24 unspecified atom stereocenters. The van der Waals surface area contributed by atoms with Crippen molar-refractivity contribution in [1.29, 1.82) is 0 Å². The fraction of sp³-hybridized carbons (Fsp3) is 1.00. The van der Waals surface area contributed by atoms with Gasteiger partial charge in [-0.3, -0.25) is 0 Å². The predicted molar refractivity (Wildman–Crippen MR) is 225 cm³/mol. The number of rotatable bonds is 0. The summed E-state index contributed by atoms with van der Waals surface area (Å²) in [6, 6.07) is 0. The summed E-state index contributed by atoms with van der Waals surface area (Å²) in [7, 11) is 0. The van der Waals surface area contributed by atoms with Gasteiger partial charge in [0.1, 0.15) is 0 Å². The minimum atomic E-state index is -1.19. The third-order valence-electron chi connectivity index (χ3n) is 21.9. The Morgan fingerprint density at radius 3 is 0.702 bits per heavy atom. The molecular weight excluding hydrogens is 807 g/mol. The molecule has 6 heterocycles. The molecule has 0 spiro atoms. The molecule has 6 aliphatic heterocycles. The molecule has 57 heavy (non-hydrogen) atoms. The average Bonchev–Trinajstić information content (AvgIpc) is 3.93. The van der Waals surface area contributed by atoms with E-state index in [-0.39, 0.29) is 0 Å². The molecule has 8 aliphatic carbocycles. The van der Waals surface area contributed by atoms with Gasteiger partial charge in [0.05, 0.1) is 0 Å². The number of fused-ring (bicyclic) bond motifs is 20. The van der Waals surface area contributed by atoms with E-state index in [9.17, 15) is 0 Å². The minimum absolute atomic E-state index is 0.477. The molecule has 0 aromatic carbocycles. The Morgan fingerprint density at radius 1 is 0.263 bits per heavy atom. The molecule has 14 rings (SSSR count). The molecule has 14 fully saturated rings. The Balaban J connectivity index is 0.893. The van der Waals surface area contributed by atoms with Crippen LogP contribution in [0.1, 0.15) is 154 Å². The molecule has 8 saturated carbocycles. The van der Waals surface area contributed by atoms with Gasteiger partial charge in [0.2, 0.25) is 0 Å². The van der Waals surface area contributed by atoms with Crippen LogP contribution in [0.2, 0.25) is 0 Å². The molecular formula is C48H78N8Sn. The van der Waals surface area contributed by atoms with Crippen LogP contribution in [0.15, 0.2) is 0 Å². The van der Waals surface area contributed by atoms with Gasteiger partial charge in [0.15, 0.2) is 0 Å². The zero-order chi connectivity index (χ0) is 36.9. The average molecular weight is 886 g/mol. The first kappa shape index (κ1) is 36.9. The molecule has 6 saturated heterocycles. The van der Waals surface area contributed by atoms with E-state index in [4.69, 9.17) is 21.3 Å². The first-order valence-electron chi connectivity index (χ1n) is 26.1. The Labute approximate surface area is 356 Å². The molecule has 6 bridgehead atoms. The van der Waals surface area contributed by atoms with Gasteiger partial charge in [-0.1, -0.05) is 0 Å². The summed E-state index contributed by atoms with van der Waals surface area (Å²) < 4.78 is 6.65. The second kappa shape index (κ2) is 14.5. The van der Waals surface area contributed by atoms with Crippen LogP contribution in [-0.4, -0.2) is 77.3 Å². The fourth-order valence-electron chi connectivity index (χ4n) is 19.5. The summed E-state index contributed by atoms with van der Waals surface area (Å²) in [4.78, 5) is 0.